The fraction of sp³-hybridized carbons (Fsp3) is 0.250. The second kappa shape index (κ2) is 11.2. The first-order valence-electron chi connectivity index (χ1n) is 8.89. The fourth-order valence-electron chi connectivity index (χ4n) is 2.05. The molecule has 0 aliphatic rings. The van der Waals surface area contributed by atoms with E-state index < -0.39 is 11.7 Å². The fourth-order valence-corrected chi connectivity index (χ4v) is 2.05. The summed E-state index contributed by atoms with van der Waals surface area (Å²) < 4.78 is 40.7. The molecule has 0 radical (unpaired) electrons. The molecule has 0 aliphatic carbocycles. The van der Waals surface area contributed by atoms with Crippen molar-refractivity contribution >= 4 is 0 Å². The topological polar surface area (TPSA) is 9.23 Å². The molecule has 0 unspecified atom stereocenters. The van der Waals surface area contributed by atoms with Gasteiger partial charge in [0.1, 0.15) is 5.75 Å². The summed E-state index contributed by atoms with van der Waals surface area (Å²) in [5.41, 5.74) is 4.16. The van der Waals surface area contributed by atoms with Crippen LogP contribution in [0.15, 0.2) is 72.8 Å². The molecule has 4 heteroatoms. The second-order valence-electron chi connectivity index (χ2n) is 6.54. The van der Waals surface area contributed by atoms with Crippen LogP contribution in [0.5, 0.6) is 5.75 Å². The number of hydrogen-bond acceptors (Lipinski definition) is 1. The Kier molecular flexibility index (Phi) is 9.29. The van der Waals surface area contributed by atoms with Crippen LogP contribution in [0.3, 0.4) is 0 Å². The third-order valence-electron chi connectivity index (χ3n) is 3.85. The number of aryl methyl sites for hydroxylation is 4. The van der Waals surface area contributed by atoms with Gasteiger partial charge >= 0.3 is 6.18 Å². The molecule has 28 heavy (non-hydrogen) atoms. The molecule has 0 saturated carbocycles. The number of ether oxygens (including phenoxy) is 1. The van der Waals surface area contributed by atoms with Crippen molar-refractivity contribution in [3.05, 3.63) is 101 Å². The van der Waals surface area contributed by atoms with E-state index in [1.54, 1.807) is 14.0 Å². The molecule has 1 nitrogen and oxygen atoms in total. The van der Waals surface area contributed by atoms with Crippen molar-refractivity contribution in [3.8, 4) is 5.75 Å². The van der Waals surface area contributed by atoms with Gasteiger partial charge < -0.3 is 4.74 Å². The van der Waals surface area contributed by atoms with E-state index in [0.29, 0.717) is 0 Å². The summed E-state index contributed by atoms with van der Waals surface area (Å²) in [6.07, 6.45) is -4.21. The molecular weight excluding hydrogens is 361 g/mol. The first-order chi connectivity index (χ1) is 13.1. The smallest absolute Gasteiger partial charge is 0.416 e. The highest BCUT2D eigenvalue weighted by molar-refractivity contribution is 5.26. The average Bonchev–Trinajstić information content (AvgIpc) is 2.65. The molecule has 3 aromatic carbocycles. The maximum atomic E-state index is 11.9. The molecule has 0 aliphatic heterocycles. The Bertz CT molecular complexity index is 781. The van der Waals surface area contributed by atoms with Crippen molar-refractivity contribution in [1.82, 2.24) is 0 Å². The number of rotatable bonds is 1. The largest absolute Gasteiger partial charge is 0.497 e. The summed E-state index contributed by atoms with van der Waals surface area (Å²) in [5.74, 6) is 0.917. The van der Waals surface area contributed by atoms with Crippen LogP contribution in [0.2, 0.25) is 0 Å². The van der Waals surface area contributed by atoms with E-state index in [0.717, 1.165) is 23.4 Å². The summed E-state index contributed by atoms with van der Waals surface area (Å²) in [6.45, 7) is 8.00. The molecule has 150 valence electrons. The van der Waals surface area contributed by atoms with E-state index >= 15 is 0 Å². The van der Waals surface area contributed by atoms with E-state index in [1.807, 2.05) is 24.3 Å². The van der Waals surface area contributed by atoms with Gasteiger partial charge in [0.05, 0.1) is 12.7 Å². The average molecular weight is 388 g/mol. The molecular formula is C24H27F3O. The van der Waals surface area contributed by atoms with Gasteiger partial charge in [0.25, 0.3) is 0 Å². The molecule has 0 spiro atoms. The third kappa shape index (κ3) is 9.26. The van der Waals surface area contributed by atoms with Crippen LogP contribution < -0.4 is 4.74 Å². The molecule has 0 atom stereocenters. The van der Waals surface area contributed by atoms with E-state index in [9.17, 15) is 13.2 Å². The van der Waals surface area contributed by atoms with Gasteiger partial charge in [-0.1, -0.05) is 70.8 Å². The highest BCUT2D eigenvalue weighted by Crippen LogP contribution is 2.28. The third-order valence-corrected chi connectivity index (χ3v) is 3.85. The Hall–Kier alpha value is -2.75. The van der Waals surface area contributed by atoms with Gasteiger partial charge in [-0.05, 0) is 52.0 Å². The number of alkyl halides is 3. The lowest BCUT2D eigenvalue weighted by molar-refractivity contribution is -0.137. The van der Waals surface area contributed by atoms with Crippen LogP contribution in [0.4, 0.5) is 13.2 Å². The van der Waals surface area contributed by atoms with Crippen LogP contribution in [-0.4, -0.2) is 7.11 Å². The normalized spacial score (nSPS) is 10.1. The molecule has 3 rings (SSSR count). The van der Waals surface area contributed by atoms with Crippen molar-refractivity contribution in [1.29, 1.82) is 0 Å². The van der Waals surface area contributed by atoms with Crippen LogP contribution in [-0.2, 0) is 6.18 Å². The minimum atomic E-state index is -4.21. The first kappa shape index (κ1) is 23.3. The zero-order valence-electron chi connectivity index (χ0n) is 17.0. The lowest BCUT2D eigenvalue weighted by atomic mass is 10.1. The zero-order valence-corrected chi connectivity index (χ0v) is 17.0. The second-order valence-corrected chi connectivity index (χ2v) is 6.54. The minimum Gasteiger partial charge on any atom is -0.497 e. The maximum Gasteiger partial charge on any atom is 0.416 e. The number of benzene rings is 3. The first-order valence-corrected chi connectivity index (χ1v) is 8.89. The van der Waals surface area contributed by atoms with Gasteiger partial charge in [0, 0.05) is 0 Å². The predicted octanol–water partition coefficient (Wildman–Crippen LogP) is 7.32. The molecule has 0 heterocycles. The summed E-state index contributed by atoms with van der Waals surface area (Å²) in [6, 6.07) is 21.5. The monoisotopic (exact) mass is 388 g/mol. The Morgan fingerprint density at radius 3 is 1.11 bits per heavy atom. The van der Waals surface area contributed by atoms with Crippen LogP contribution >= 0.6 is 0 Å². The summed E-state index contributed by atoms with van der Waals surface area (Å²) in [4.78, 5) is 0. The lowest BCUT2D eigenvalue weighted by Crippen LogP contribution is -2.03. The molecule has 3 aromatic rings. The highest BCUT2D eigenvalue weighted by Gasteiger charge is 2.29. The molecule has 0 saturated heterocycles. The van der Waals surface area contributed by atoms with Gasteiger partial charge in [0.15, 0.2) is 0 Å². The Morgan fingerprint density at radius 2 is 0.821 bits per heavy atom. The minimum absolute atomic E-state index is 0.594. The summed E-state index contributed by atoms with van der Waals surface area (Å²) >= 11 is 0. The van der Waals surface area contributed by atoms with Crippen LogP contribution in [0.1, 0.15) is 27.8 Å². The Balaban J connectivity index is 0.000000213. The van der Waals surface area contributed by atoms with Gasteiger partial charge in [-0.15, -0.1) is 0 Å². The summed E-state index contributed by atoms with van der Waals surface area (Å²) in [5, 5.41) is 0. The predicted molar refractivity (Wildman–Crippen MR) is 110 cm³/mol. The highest BCUT2D eigenvalue weighted by atomic mass is 19.4. The maximum absolute atomic E-state index is 11.9. The Labute approximate surface area is 165 Å². The summed E-state index contributed by atoms with van der Waals surface area (Å²) in [7, 11) is 1.67. The van der Waals surface area contributed by atoms with E-state index in [1.165, 1.54) is 28.8 Å². The van der Waals surface area contributed by atoms with Crippen molar-refractivity contribution in [2.45, 2.75) is 33.9 Å². The quantitative estimate of drug-likeness (QED) is 0.424. The number of hydrogen-bond donors (Lipinski definition) is 0. The number of halogens is 3. The van der Waals surface area contributed by atoms with E-state index in [-0.39, 0.29) is 0 Å². The van der Waals surface area contributed by atoms with Crippen molar-refractivity contribution in [2.75, 3.05) is 7.11 Å². The van der Waals surface area contributed by atoms with Gasteiger partial charge in [-0.3, -0.25) is 0 Å². The van der Waals surface area contributed by atoms with Crippen molar-refractivity contribution in [3.63, 3.8) is 0 Å². The molecule has 0 aromatic heterocycles. The van der Waals surface area contributed by atoms with Crippen LogP contribution in [0, 0.1) is 27.7 Å². The SMILES string of the molecule is COc1ccc(C)cc1.Cc1ccc(C(F)(F)F)cc1.Cc1ccc(C)cc1. The van der Waals surface area contributed by atoms with Crippen LogP contribution in [0.25, 0.3) is 0 Å². The standard InChI is InChI=1S/C8H7F3.C8H10O.C8H10/c1-6-2-4-7(5-3-6)8(9,10)11;1-7-3-5-8(9-2)6-4-7;1-7-3-5-8(2)6-4-7/h2-5H,1H3;3-6H,1-2H3;3-6H,1-2H3. The lowest BCUT2D eigenvalue weighted by Gasteiger charge is -2.05. The van der Waals surface area contributed by atoms with Gasteiger partial charge in [-0.25, -0.2) is 0 Å². The van der Waals surface area contributed by atoms with E-state index in [4.69, 9.17) is 4.74 Å². The molecule has 0 fully saturated rings. The molecule has 0 amide bonds. The van der Waals surface area contributed by atoms with Crippen molar-refractivity contribution < 1.29 is 17.9 Å². The van der Waals surface area contributed by atoms with E-state index in [2.05, 4.69) is 45.0 Å². The van der Waals surface area contributed by atoms with Crippen molar-refractivity contribution in [2.24, 2.45) is 0 Å². The Morgan fingerprint density at radius 1 is 0.536 bits per heavy atom. The zero-order chi connectivity index (χ0) is 21.2. The molecule has 0 N–H and O–H groups in total. The van der Waals surface area contributed by atoms with Gasteiger partial charge in [0.2, 0.25) is 0 Å². The molecule has 0 bridgehead atoms. The number of methoxy groups -OCH3 is 1. The van der Waals surface area contributed by atoms with Gasteiger partial charge in [-0.2, -0.15) is 13.2 Å².